The molecule has 2 aliphatic rings. The molecule has 0 spiro atoms. The molecular weight excluding hydrogens is 288 g/mol. The number of anilines is 1. The Morgan fingerprint density at radius 3 is 2.83 bits per heavy atom. The number of nitrogens with zero attached hydrogens (tertiary/aromatic N) is 2. The maximum absolute atomic E-state index is 3.58. The minimum absolute atomic E-state index is 0.778. The molecule has 0 bridgehead atoms. The van der Waals surface area contributed by atoms with Crippen molar-refractivity contribution in [2.75, 3.05) is 31.1 Å². The highest BCUT2D eigenvalue weighted by Gasteiger charge is 2.27. The summed E-state index contributed by atoms with van der Waals surface area (Å²) >= 11 is 3.58. The van der Waals surface area contributed by atoms with Crippen LogP contribution in [0.15, 0.2) is 28.7 Å². The average molecular weight is 309 g/mol. The van der Waals surface area contributed by atoms with E-state index in [2.05, 4.69) is 50.0 Å². The molecule has 18 heavy (non-hydrogen) atoms. The molecule has 3 rings (SSSR count). The molecule has 98 valence electrons. The number of hydrogen-bond donors (Lipinski definition) is 0. The Kier molecular flexibility index (Phi) is 3.90. The Labute approximate surface area is 118 Å². The average Bonchev–Trinajstić information content (AvgIpc) is 2.60. The van der Waals surface area contributed by atoms with Crippen molar-refractivity contribution in [2.45, 2.75) is 31.7 Å². The van der Waals surface area contributed by atoms with E-state index in [-0.39, 0.29) is 0 Å². The molecule has 2 heterocycles. The van der Waals surface area contributed by atoms with Crippen LogP contribution in [0.3, 0.4) is 0 Å². The molecular formula is C15H21BrN2. The summed E-state index contributed by atoms with van der Waals surface area (Å²) in [5, 5.41) is 0. The van der Waals surface area contributed by atoms with Crippen LogP contribution >= 0.6 is 15.9 Å². The third-order valence-corrected chi connectivity index (χ3v) is 4.72. The predicted octanol–water partition coefficient (Wildman–Crippen LogP) is 3.51. The summed E-state index contributed by atoms with van der Waals surface area (Å²) in [6, 6.07) is 9.51. The van der Waals surface area contributed by atoms with E-state index < -0.39 is 0 Å². The molecule has 1 atom stereocenters. The van der Waals surface area contributed by atoms with E-state index in [0.717, 1.165) is 6.04 Å². The Bertz CT molecular complexity index is 407. The van der Waals surface area contributed by atoms with Gasteiger partial charge in [-0.1, -0.05) is 28.4 Å². The molecule has 1 aromatic carbocycles. The SMILES string of the molecule is Brc1cccc(N2CCCN3CCCCC3C2)c1. The van der Waals surface area contributed by atoms with Crippen LogP contribution in [0.4, 0.5) is 5.69 Å². The summed E-state index contributed by atoms with van der Waals surface area (Å²) in [6.45, 7) is 5.01. The van der Waals surface area contributed by atoms with Gasteiger partial charge in [0.2, 0.25) is 0 Å². The highest BCUT2D eigenvalue weighted by molar-refractivity contribution is 9.10. The second kappa shape index (κ2) is 5.62. The summed E-state index contributed by atoms with van der Waals surface area (Å²) < 4.78 is 1.18. The first-order valence-corrected chi connectivity index (χ1v) is 7.87. The summed E-state index contributed by atoms with van der Waals surface area (Å²) in [4.78, 5) is 5.28. The molecule has 0 radical (unpaired) electrons. The van der Waals surface area contributed by atoms with E-state index in [1.165, 1.54) is 62.0 Å². The van der Waals surface area contributed by atoms with E-state index >= 15 is 0 Å². The molecule has 2 nitrogen and oxygen atoms in total. The molecule has 1 aromatic rings. The topological polar surface area (TPSA) is 6.48 Å². The number of benzene rings is 1. The normalized spacial score (nSPS) is 25.6. The molecule has 2 saturated heterocycles. The van der Waals surface area contributed by atoms with Gasteiger partial charge in [-0.15, -0.1) is 0 Å². The van der Waals surface area contributed by atoms with Crippen molar-refractivity contribution in [3.8, 4) is 0 Å². The van der Waals surface area contributed by atoms with Gasteiger partial charge in [-0.3, -0.25) is 4.90 Å². The van der Waals surface area contributed by atoms with Crippen LogP contribution in [-0.2, 0) is 0 Å². The van der Waals surface area contributed by atoms with Gasteiger partial charge in [0.25, 0.3) is 0 Å². The third-order valence-electron chi connectivity index (χ3n) is 4.23. The lowest BCUT2D eigenvalue weighted by molar-refractivity contribution is 0.162. The zero-order valence-corrected chi connectivity index (χ0v) is 12.4. The van der Waals surface area contributed by atoms with Crippen molar-refractivity contribution < 1.29 is 0 Å². The van der Waals surface area contributed by atoms with E-state index in [1.807, 2.05) is 0 Å². The maximum Gasteiger partial charge on any atom is 0.0378 e. The molecule has 0 aromatic heterocycles. The molecule has 3 heteroatoms. The smallest absolute Gasteiger partial charge is 0.0378 e. The fraction of sp³-hybridized carbons (Fsp3) is 0.600. The Hall–Kier alpha value is -0.540. The van der Waals surface area contributed by atoms with Crippen molar-refractivity contribution in [1.29, 1.82) is 0 Å². The quantitative estimate of drug-likeness (QED) is 0.783. The third kappa shape index (κ3) is 2.72. The fourth-order valence-corrected chi connectivity index (χ4v) is 3.67. The van der Waals surface area contributed by atoms with Gasteiger partial charge in [-0.05, 0) is 44.0 Å². The largest absolute Gasteiger partial charge is 0.370 e. The second-order valence-corrected chi connectivity index (χ2v) is 6.38. The van der Waals surface area contributed by atoms with Crippen molar-refractivity contribution in [3.63, 3.8) is 0 Å². The zero-order chi connectivity index (χ0) is 12.4. The Balaban J connectivity index is 1.76. The van der Waals surface area contributed by atoms with Crippen molar-refractivity contribution in [2.24, 2.45) is 0 Å². The van der Waals surface area contributed by atoms with Gasteiger partial charge in [0.15, 0.2) is 0 Å². The Morgan fingerprint density at radius 2 is 1.94 bits per heavy atom. The number of fused-ring (bicyclic) bond motifs is 1. The van der Waals surface area contributed by atoms with E-state index in [9.17, 15) is 0 Å². The van der Waals surface area contributed by atoms with Gasteiger partial charge < -0.3 is 4.90 Å². The van der Waals surface area contributed by atoms with Crippen LogP contribution in [-0.4, -0.2) is 37.1 Å². The molecule has 0 saturated carbocycles. The first-order valence-electron chi connectivity index (χ1n) is 7.07. The van der Waals surface area contributed by atoms with Gasteiger partial charge >= 0.3 is 0 Å². The van der Waals surface area contributed by atoms with Gasteiger partial charge in [-0.25, -0.2) is 0 Å². The summed E-state index contributed by atoms with van der Waals surface area (Å²) in [5.74, 6) is 0. The van der Waals surface area contributed by atoms with E-state index in [4.69, 9.17) is 0 Å². The minimum Gasteiger partial charge on any atom is -0.370 e. The van der Waals surface area contributed by atoms with Gasteiger partial charge in [0.05, 0.1) is 0 Å². The second-order valence-electron chi connectivity index (χ2n) is 5.47. The number of halogens is 1. The molecule has 2 aliphatic heterocycles. The molecule has 0 N–H and O–H groups in total. The minimum atomic E-state index is 0.778. The first kappa shape index (κ1) is 12.5. The monoisotopic (exact) mass is 308 g/mol. The lowest BCUT2D eigenvalue weighted by Gasteiger charge is -2.35. The van der Waals surface area contributed by atoms with Crippen LogP contribution in [0.1, 0.15) is 25.7 Å². The fourth-order valence-electron chi connectivity index (χ4n) is 3.28. The van der Waals surface area contributed by atoms with Gasteiger partial charge in [0.1, 0.15) is 0 Å². The maximum atomic E-state index is 3.58. The van der Waals surface area contributed by atoms with Crippen molar-refractivity contribution in [1.82, 2.24) is 4.90 Å². The summed E-state index contributed by atoms with van der Waals surface area (Å²) in [6.07, 6.45) is 5.48. The van der Waals surface area contributed by atoms with Crippen molar-refractivity contribution in [3.05, 3.63) is 28.7 Å². The van der Waals surface area contributed by atoms with E-state index in [0.29, 0.717) is 0 Å². The summed E-state index contributed by atoms with van der Waals surface area (Å²) in [7, 11) is 0. The van der Waals surface area contributed by atoms with Crippen molar-refractivity contribution >= 4 is 21.6 Å². The standard InChI is InChI=1S/C15H21BrN2/c16-13-5-3-7-14(11-13)18-10-4-9-17-8-2-1-6-15(17)12-18/h3,5,7,11,15H,1-2,4,6,8-10,12H2. The van der Waals surface area contributed by atoms with Crippen LogP contribution in [0.5, 0.6) is 0 Å². The van der Waals surface area contributed by atoms with E-state index in [1.54, 1.807) is 0 Å². The summed E-state index contributed by atoms with van der Waals surface area (Å²) in [5.41, 5.74) is 1.37. The number of piperidine rings is 1. The van der Waals surface area contributed by atoms with Crippen LogP contribution in [0, 0.1) is 0 Å². The van der Waals surface area contributed by atoms with Gasteiger partial charge in [0, 0.05) is 35.8 Å². The van der Waals surface area contributed by atoms with Crippen LogP contribution in [0.2, 0.25) is 0 Å². The van der Waals surface area contributed by atoms with Crippen LogP contribution in [0.25, 0.3) is 0 Å². The molecule has 2 fully saturated rings. The highest BCUT2D eigenvalue weighted by atomic mass is 79.9. The molecule has 0 amide bonds. The van der Waals surface area contributed by atoms with Crippen LogP contribution < -0.4 is 4.90 Å². The lowest BCUT2D eigenvalue weighted by Crippen LogP contribution is -2.44. The molecule has 1 unspecified atom stereocenters. The predicted molar refractivity (Wildman–Crippen MR) is 80.2 cm³/mol. The first-order chi connectivity index (χ1) is 8.83. The van der Waals surface area contributed by atoms with Gasteiger partial charge in [-0.2, -0.15) is 0 Å². The zero-order valence-electron chi connectivity index (χ0n) is 10.8. The number of rotatable bonds is 1. The lowest BCUT2D eigenvalue weighted by atomic mass is 10.0. The molecule has 0 aliphatic carbocycles. The highest BCUT2D eigenvalue weighted by Crippen LogP contribution is 2.26. The number of hydrogen-bond acceptors (Lipinski definition) is 2. The Morgan fingerprint density at radius 1 is 1.06 bits per heavy atom.